The third kappa shape index (κ3) is 2.79. The van der Waals surface area contributed by atoms with Crippen LogP contribution in [0.4, 0.5) is 5.69 Å². The zero-order valence-electron chi connectivity index (χ0n) is 15.7. The van der Waals surface area contributed by atoms with Gasteiger partial charge in [-0.3, -0.25) is 4.79 Å². The minimum atomic E-state index is -1.17. The zero-order chi connectivity index (χ0) is 19.3. The second kappa shape index (κ2) is 6.27. The molecule has 27 heavy (non-hydrogen) atoms. The average molecular weight is 362 g/mol. The number of pyridine rings is 1. The maximum atomic E-state index is 12.7. The lowest BCUT2D eigenvalue weighted by atomic mass is 9.95. The second-order valence-electron chi connectivity index (χ2n) is 7.23. The zero-order valence-corrected chi connectivity index (χ0v) is 15.7. The molecule has 138 valence electrons. The van der Waals surface area contributed by atoms with Gasteiger partial charge in [-0.1, -0.05) is 12.1 Å². The van der Waals surface area contributed by atoms with Crippen molar-refractivity contribution >= 4 is 22.6 Å². The van der Waals surface area contributed by atoms with Gasteiger partial charge in [0, 0.05) is 30.4 Å². The first-order valence-corrected chi connectivity index (χ1v) is 9.13. The SMILES string of the molecule is CNc1ccc(-c2ccc3c(=O)c(C(=O)O)cn(C4CC4)c3c2C)cc1C. The molecule has 0 atom stereocenters. The van der Waals surface area contributed by atoms with Gasteiger partial charge in [-0.05, 0) is 67.1 Å². The van der Waals surface area contributed by atoms with Gasteiger partial charge in [0.15, 0.2) is 0 Å². The number of carboxylic acids is 1. The molecule has 1 heterocycles. The fraction of sp³-hybridized carbons (Fsp3) is 0.273. The molecule has 0 aliphatic heterocycles. The third-order valence-electron chi connectivity index (χ3n) is 5.42. The van der Waals surface area contributed by atoms with Crippen LogP contribution in [0, 0.1) is 13.8 Å². The molecule has 1 saturated carbocycles. The van der Waals surface area contributed by atoms with Crippen molar-refractivity contribution in [3.8, 4) is 11.1 Å². The second-order valence-corrected chi connectivity index (χ2v) is 7.23. The van der Waals surface area contributed by atoms with Crippen LogP contribution in [0.3, 0.4) is 0 Å². The van der Waals surface area contributed by atoms with Gasteiger partial charge in [0.2, 0.25) is 5.43 Å². The summed E-state index contributed by atoms with van der Waals surface area (Å²) in [6.45, 7) is 4.07. The van der Waals surface area contributed by atoms with Gasteiger partial charge in [0.25, 0.3) is 0 Å². The molecule has 1 fully saturated rings. The van der Waals surface area contributed by atoms with Crippen molar-refractivity contribution in [2.75, 3.05) is 12.4 Å². The summed E-state index contributed by atoms with van der Waals surface area (Å²) in [4.78, 5) is 24.2. The van der Waals surface area contributed by atoms with E-state index < -0.39 is 11.4 Å². The molecule has 0 bridgehead atoms. The number of nitrogens with zero attached hydrogens (tertiary/aromatic N) is 1. The Hall–Kier alpha value is -3.08. The van der Waals surface area contributed by atoms with Crippen LogP contribution in [0.25, 0.3) is 22.0 Å². The lowest BCUT2D eigenvalue weighted by molar-refractivity contribution is 0.0695. The van der Waals surface area contributed by atoms with Gasteiger partial charge in [0.05, 0.1) is 5.52 Å². The number of carbonyl (C=O) groups is 1. The summed E-state index contributed by atoms with van der Waals surface area (Å²) in [6, 6.07) is 10.2. The molecule has 0 amide bonds. The largest absolute Gasteiger partial charge is 0.477 e. The van der Waals surface area contributed by atoms with Crippen molar-refractivity contribution in [3.05, 3.63) is 63.4 Å². The molecular weight excluding hydrogens is 340 g/mol. The lowest BCUT2D eigenvalue weighted by Gasteiger charge is -2.17. The Morgan fingerprint density at radius 3 is 2.52 bits per heavy atom. The lowest BCUT2D eigenvalue weighted by Crippen LogP contribution is -2.19. The predicted molar refractivity (Wildman–Crippen MR) is 108 cm³/mol. The molecule has 4 rings (SSSR count). The number of aryl methyl sites for hydroxylation is 2. The Labute approximate surface area is 157 Å². The van der Waals surface area contributed by atoms with E-state index in [1.165, 1.54) is 6.20 Å². The molecule has 1 aliphatic carbocycles. The smallest absolute Gasteiger partial charge is 0.341 e. The van der Waals surface area contributed by atoms with E-state index in [1.807, 2.05) is 24.6 Å². The van der Waals surface area contributed by atoms with Crippen LogP contribution in [-0.4, -0.2) is 22.7 Å². The molecule has 2 aromatic carbocycles. The quantitative estimate of drug-likeness (QED) is 0.723. The maximum absolute atomic E-state index is 12.7. The fourth-order valence-electron chi connectivity index (χ4n) is 3.84. The van der Waals surface area contributed by atoms with Crippen LogP contribution >= 0.6 is 0 Å². The van der Waals surface area contributed by atoms with Gasteiger partial charge in [0.1, 0.15) is 5.56 Å². The summed E-state index contributed by atoms with van der Waals surface area (Å²) in [7, 11) is 1.90. The van der Waals surface area contributed by atoms with Crippen molar-refractivity contribution in [2.24, 2.45) is 0 Å². The highest BCUT2D eigenvalue weighted by molar-refractivity contribution is 5.95. The highest BCUT2D eigenvalue weighted by Gasteiger charge is 2.28. The fourth-order valence-corrected chi connectivity index (χ4v) is 3.84. The molecule has 5 heteroatoms. The number of carboxylic acid groups (broad SMARTS) is 1. The Morgan fingerprint density at radius 1 is 1.19 bits per heavy atom. The molecule has 3 aromatic rings. The summed E-state index contributed by atoms with van der Waals surface area (Å²) < 4.78 is 1.99. The summed E-state index contributed by atoms with van der Waals surface area (Å²) in [5, 5.41) is 13.1. The monoisotopic (exact) mass is 362 g/mol. The van der Waals surface area contributed by atoms with Gasteiger partial charge >= 0.3 is 5.97 Å². The number of aromatic carboxylic acids is 1. The Bertz CT molecular complexity index is 1140. The Balaban J connectivity index is 2.01. The topological polar surface area (TPSA) is 71.3 Å². The first kappa shape index (κ1) is 17.3. The normalized spacial score (nSPS) is 13.7. The number of anilines is 1. The van der Waals surface area contributed by atoms with Crippen LogP contribution in [0.1, 0.15) is 40.4 Å². The van der Waals surface area contributed by atoms with E-state index in [1.54, 1.807) is 6.07 Å². The highest BCUT2D eigenvalue weighted by Crippen LogP contribution is 2.39. The van der Waals surface area contributed by atoms with E-state index in [4.69, 9.17) is 0 Å². The van der Waals surface area contributed by atoms with Gasteiger partial charge in [-0.25, -0.2) is 4.79 Å². The van der Waals surface area contributed by atoms with Crippen LogP contribution in [-0.2, 0) is 0 Å². The van der Waals surface area contributed by atoms with E-state index in [-0.39, 0.29) is 11.6 Å². The molecule has 0 spiro atoms. The van der Waals surface area contributed by atoms with Crippen LogP contribution in [0.15, 0.2) is 41.3 Å². The van der Waals surface area contributed by atoms with Gasteiger partial charge in [-0.2, -0.15) is 0 Å². The van der Waals surface area contributed by atoms with Crippen LogP contribution < -0.4 is 10.7 Å². The van der Waals surface area contributed by atoms with Crippen molar-refractivity contribution in [1.82, 2.24) is 4.57 Å². The molecule has 0 radical (unpaired) electrons. The number of rotatable bonds is 4. The Kier molecular flexibility index (Phi) is 4.02. The first-order chi connectivity index (χ1) is 12.9. The van der Waals surface area contributed by atoms with Crippen molar-refractivity contribution in [3.63, 3.8) is 0 Å². The van der Waals surface area contributed by atoms with Crippen LogP contribution in [0.2, 0.25) is 0 Å². The van der Waals surface area contributed by atoms with Gasteiger partial charge in [-0.15, -0.1) is 0 Å². The van der Waals surface area contributed by atoms with Crippen molar-refractivity contribution < 1.29 is 9.90 Å². The van der Waals surface area contributed by atoms with E-state index in [0.29, 0.717) is 5.39 Å². The number of hydrogen-bond acceptors (Lipinski definition) is 3. The van der Waals surface area contributed by atoms with Crippen molar-refractivity contribution in [2.45, 2.75) is 32.7 Å². The first-order valence-electron chi connectivity index (χ1n) is 9.13. The maximum Gasteiger partial charge on any atom is 0.341 e. The molecule has 0 saturated heterocycles. The summed E-state index contributed by atoms with van der Waals surface area (Å²) in [5.41, 5.74) is 5.66. The van der Waals surface area contributed by atoms with Gasteiger partial charge < -0.3 is 15.0 Å². The molecule has 2 N–H and O–H groups in total. The van der Waals surface area contributed by atoms with E-state index in [2.05, 4.69) is 30.4 Å². The summed E-state index contributed by atoms with van der Waals surface area (Å²) in [6.07, 6.45) is 3.55. The van der Waals surface area contributed by atoms with E-state index in [0.717, 1.165) is 46.3 Å². The molecule has 1 aromatic heterocycles. The number of aromatic nitrogens is 1. The molecule has 5 nitrogen and oxygen atoms in total. The summed E-state index contributed by atoms with van der Waals surface area (Å²) in [5.74, 6) is -1.17. The minimum Gasteiger partial charge on any atom is -0.477 e. The Morgan fingerprint density at radius 2 is 1.93 bits per heavy atom. The number of fused-ring (bicyclic) bond motifs is 1. The standard InChI is InChI=1S/C22H22N2O3/c1-12-10-14(4-9-19(12)23-3)16-7-8-17-20(13(16)2)24(15-5-6-15)11-18(21(17)25)22(26)27/h4,7-11,15,23H,5-6H2,1-3H3,(H,26,27). The molecule has 1 aliphatic rings. The third-order valence-corrected chi connectivity index (χ3v) is 5.42. The predicted octanol–water partition coefficient (Wildman–Crippen LogP) is 4.36. The van der Waals surface area contributed by atoms with E-state index >= 15 is 0 Å². The molecular formula is C22H22N2O3. The van der Waals surface area contributed by atoms with Crippen LogP contribution in [0.5, 0.6) is 0 Å². The minimum absolute atomic E-state index is 0.157. The summed E-state index contributed by atoms with van der Waals surface area (Å²) >= 11 is 0. The number of hydrogen-bond donors (Lipinski definition) is 2. The highest BCUT2D eigenvalue weighted by atomic mass is 16.4. The van der Waals surface area contributed by atoms with E-state index in [9.17, 15) is 14.7 Å². The van der Waals surface area contributed by atoms with Crippen molar-refractivity contribution in [1.29, 1.82) is 0 Å². The number of nitrogens with one attached hydrogen (secondary N) is 1. The number of benzene rings is 2. The molecule has 0 unspecified atom stereocenters. The average Bonchev–Trinajstić information content (AvgIpc) is 3.47.